The fraction of sp³-hybridized carbons (Fsp3) is 0.452. The number of hydrogen-bond acceptors (Lipinski definition) is 4. The van der Waals surface area contributed by atoms with Crippen molar-refractivity contribution in [2.75, 3.05) is 38.1 Å². The van der Waals surface area contributed by atoms with Crippen LogP contribution in [-0.4, -0.2) is 38.1 Å². The molecule has 0 spiro atoms. The molecule has 5 heteroatoms. The van der Waals surface area contributed by atoms with E-state index in [0.29, 0.717) is 17.6 Å². The summed E-state index contributed by atoms with van der Waals surface area (Å²) in [5, 5.41) is 0.932. The molecule has 2 heterocycles. The van der Waals surface area contributed by atoms with Crippen molar-refractivity contribution in [1.29, 1.82) is 0 Å². The van der Waals surface area contributed by atoms with Gasteiger partial charge in [0, 0.05) is 36.8 Å². The molecule has 2 aliphatic carbocycles. The van der Waals surface area contributed by atoms with E-state index in [1.165, 1.54) is 0 Å². The van der Waals surface area contributed by atoms with Crippen LogP contribution in [0.25, 0.3) is 16.5 Å². The number of halogens is 1. The van der Waals surface area contributed by atoms with E-state index in [4.69, 9.17) is 4.42 Å². The molecule has 0 saturated carbocycles. The highest BCUT2D eigenvalue weighted by atomic mass is 19.1. The maximum absolute atomic E-state index is 15.0. The topological polar surface area (TPSA) is 36.7 Å². The molecule has 2 aromatic rings. The molecule has 0 amide bonds. The Morgan fingerprint density at radius 2 is 1.83 bits per heavy atom. The lowest BCUT2D eigenvalue weighted by Gasteiger charge is -2.28. The highest BCUT2D eigenvalue weighted by Crippen LogP contribution is 2.40. The number of anilines is 1. The predicted molar refractivity (Wildman–Crippen MR) is 147 cm³/mol. The van der Waals surface area contributed by atoms with Gasteiger partial charge in [-0.05, 0) is 93.0 Å². The average Bonchev–Trinajstić information content (AvgIpc) is 3.14. The molecule has 190 valence electrons. The first-order valence-corrected chi connectivity index (χ1v) is 13.3. The SMILES string of the molecule is CC1=CCC2C(=CCC(C)C(c3cc4ccc(N5CCCN(C)CC5)cc4oc3=O)=CC2C)C(F)=C1. The van der Waals surface area contributed by atoms with Gasteiger partial charge in [0.05, 0.1) is 5.56 Å². The molecule has 1 aromatic heterocycles. The van der Waals surface area contributed by atoms with E-state index in [1.54, 1.807) is 6.08 Å². The Hall–Kier alpha value is -2.92. The van der Waals surface area contributed by atoms with E-state index in [0.717, 1.165) is 66.8 Å². The Bertz CT molecular complexity index is 1330. The van der Waals surface area contributed by atoms with Gasteiger partial charge >= 0.3 is 5.63 Å². The maximum atomic E-state index is 15.0. The van der Waals surface area contributed by atoms with Gasteiger partial charge in [0.1, 0.15) is 11.4 Å². The second-order valence-electron chi connectivity index (χ2n) is 10.9. The quantitative estimate of drug-likeness (QED) is 0.439. The lowest BCUT2D eigenvalue weighted by Crippen LogP contribution is -2.28. The minimum atomic E-state index is -0.298. The summed E-state index contributed by atoms with van der Waals surface area (Å²) in [4.78, 5) is 18.0. The van der Waals surface area contributed by atoms with Crippen molar-refractivity contribution < 1.29 is 8.81 Å². The number of fused-ring (bicyclic) bond motifs is 2. The van der Waals surface area contributed by atoms with E-state index >= 15 is 0 Å². The summed E-state index contributed by atoms with van der Waals surface area (Å²) < 4.78 is 20.9. The summed E-state index contributed by atoms with van der Waals surface area (Å²) in [7, 11) is 2.16. The molecule has 1 fully saturated rings. The van der Waals surface area contributed by atoms with Gasteiger partial charge in [-0.2, -0.15) is 0 Å². The van der Waals surface area contributed by atoms with E-state index in [9.17, 15) is 9.18 Å². The van der Waals surface area contributed by atoms with Gasteiger partial charge in [0.2, 0.25) is 0 Å². The summed E-state index contributed by atoms with van der Waals surface area (Å²) in [5.41, 5.74) is 4.83. The zero-order valence-corrected chi connectivity index (χ0v) is 21.9. The summed E-state index contributed by atoms with van der Waals surface area (Å²) in [6.45, 7) is 10.3. The van der Waals surface area contributed by atoms with Crippen LogP contribution in [0.4, 0.5) is 10.1 Å². The Kier molecular flexibility index (Phi) is 7.03. The first-order valence-electron chi connectivity index (χ1n) is 13.3. The Labute approximate surface area is 213 Å². The van der Waals surface area contributed by atoms with Crippen LogP contribution >= 0.6 is 0 Å². The molecule has 1 aromatic carbocycles. The van der Waals surface area contributed by atoms with Crippen molar-refractivity contribution in [1.82, 2.24) is 4.90 Å². The van der Waals surface area contributed by atoms with Crippen LogP contribution in [0.15, 0.2) is 74.8 Å². The number of nitrogens with zero attached hydrogens (tertiary/aromatic N) is 2. The summed E-state index contributed by atoms with van der Waals surface area (Å²) in [6, 6.07) is 8.20. The first kappa shape index (κ1) is 24.8. The molecule has 5 rings (SSSR count). The molecule has 3 atom stereocenters. The minimum Gasteiger partial charge on any atom is -0.422 e. The highest BCUT2D eigenvalue weighted by molar-refractivity contribution is 5.84. The normalized spacial score (nSPS) is 26.0. The predicted octanol–water partition coefficient (Wildman–Crippen LogP) is 6.74. The van der Waals surface area contributed by atoms with Gasteiger partial charge < -0.3 is 14.2 Å². The van der Waals surface area contributed by atoms with Gasteiger partial charge in [0.15, 0.2) is 0 Å². The third-order valence-electron chi connectivity index (χ3n) is 8.14. The molecule has 1 aliphatic heterocycles. The van der Waals surface area contributed by atoms with Crippen molar-refractivity contribution in [3.8, 4) is 0 Å². The van der Waals surface area contributed by atoms with Crippen molar-refractivity contribution in [3.63, 3.8) is 0 Å². The molecule has 36 heavy (non-hydrogen) atoms. The zero-order chi connectivity index (χ0) is 25.4. The smallest absolute Gasteiger partial charge is 0.343 e. The number of allylic oxidation sites excluding steroid dienone is 8. The second-order valence-corrected chi connectivity index (χ2v) is 10.9. The van der Waals surface area contributed by atoms with Gasteiger partial charge in [0.25, 0.3) is 0 Å². The lowest BCUT2D eigenvalue weighted by molar-refractivity contribution is 0.360. The molecular formula is C31H37FN2O2. The Morgan fingerprint density at radius 1 is 1.00 bits per heavy atom. The molecule has 1 saturated heterocycles. The Morgan fingerprint density at radius 3 is 2.67 bits per heavy atom. The van der Waals surface area contributed by atoms with Gasteiger partial charge in [-0.3, -0.25) is 0 Å². The second kappa shape index (κ2) is 10.2. The van der Waals surface area contributed by atoms with Crippen molar-refractivity contribution in [2.24, 2.45) is 17.8 Å². The minimum absolute atomic E-state index is 0.0592. The van der Waals surface area contributed by atoms with Crippen LogP contribution in [0.2, 0.25) is 0 Å². The van der Waals surface area contributed by atoms with Crippen LogP contribution in [0.1, 0.15) is 45.6 Å². The highest BCUT2D eigenvalue weighted by Gasteiger charge is 2.28. The average molecular weight is 489 g/mol. The van der Waals surface area contributed by atoms with Gasteiger partial charge in [-0.1, -0.05) is 37.6 Å². The monoisotopic (exact) mass is 488 g/mol. The van der Waals surface area contributed by atoms with E-state index in [2.05, 4.69) is 55.0 Å². The van der Waals surface area contributed by atoms with Gasteiger partial charge in [-0.25, -0.2) is 9.18 Å². The number of hydrogen-bond donors (Lipinski definition) is 0. The third kappa shape index (κ3) is 4.99. The zero-order valence-electron chi connectivity index (χ0n) is 21.9. The van der Waals surface area contributed by atoms with E-state index in [-0.39, 0.29) is 29.2 Å². The van der Waals surface area contributed by atoms with Crippen LogP contribution in [0.3, 0.4) is 0 Å². The number of benzene rings is 1. The van der Waals surface area contributed by atoms with Crippen LogP contribution in [-0.2, 0) is 0 Å². The first-order chi connectivity index (χ1) is 17.3. The molecule has 3 aliphatic rings. The molecule has 0 N–H and O–H groups in total. The fourth-order valence-electron chi connectivity index (χ4n) is 5.86. The van der Waals surface area contributed by atoms with E-state index < -0.39 is 0 Å². The molecule has 4 nitrogen and oxygen atoms in total. The van der Waals surface area contributed by atoms with Crippen LogP contribution < -0.4 is 10.5 Å². The summed E-state index contributed by atoms with van der Waals surface area (Å²) in [5.74, 6) is 0.108. The molecular weight excluding hydrogens is 451 g/mol. The lowest BCUT2D eigenvalue weighted by atomic mass is 9.77. The maximum Gasteiger partial charge on any atom is 0.343 e. The largest absolute Gasteiger partial charge is 0.422 e. The van der Waals surface area contributed by atoms with Gasteiger partial charge in [-0.15, -0.1) is 0 Å². The number of rotatable bonds is 2. The third-order valence-corrected chi connectivity index (χ3v) is 8.14. The van der Waals surface area contributed by atoms with Crippen molar-refractivity contribution in [3.05, 3.63) is 81.5 Å². The van der Waals surface area contributed by atoms with Crippen LogP contribution in [0, 0.1) is 17.8 Å². The van der Waals surface area contributed by atoms with E-state index in [1.807, 2.05) is 25.1 Å². The fourth-order valence-corrected chi connectivity index (χ4v) is 5.86. The summed E-state index contributed by atoms with van der Waals surface area (Å²) >= 11 is 0. The summed E-state index contributed by atoms with van der Waals surface area (Å²) in [6.07, 6.45) is 10.6. The van der Waals surface area contributed by atoms with Crippen LogP contribution in [0.5, 0.6) is 0 Å². The van der Waals surface area contributed by atoms with Crippen molar-refractivity contribution >= 4 is 22.2 Å². The van der Waals surface area contributed by atoms with Crippen molar-refractivity contribution in [2.45, 2.75) is 40.0 Å². The molecule has 3 unspecified atom stereocenters. The molecule has 0 radical (unpaired) electrons. The Balaban J connectivity index is 1.49. The molecule has 0 bridgehead atoms. The standard InChI is InChI=1S/C31H37FN2O2/c1-20-6-10-25-22(3)17-27(21(2)7-11-26(25)29(32)16-20)28-18-23-8-9-24(19-30(23)36-31(28)35)34-13-5-12-33(4)14-15-34/h6,8-9,11,16-19,21-22,25H,5,7,10,12-15H2,1-4H3. The number of likely N-dealkylation sites (N-methyl/N-ethyl adjacent to an activating group) is 1.